The van der Waals surface area contributed by atoms with Crippen molar-refractivity contribution in [3.05, 3.63) is 55.3 Å². The highest BCUT2D eigenvalue weighted by Crippen LogP contribution is 2.16. The quantitative estimate of drug-likeness (QED) is 0.441. The summed E-state index contributed by atoms with van der Waals surface area (Å²) in [7, 11) is 0.235. The largest absolute Gasteiger partial charge is 0.456 e. The molecule has 3 heteroatoms. The Morgan fingerprint density at radius 2 is 2.08 bits per heavy atom. The van der Waals surface area contributed by atoms with Gasteiger partial charge in [0.2, 0.25) is 0 Å². The maximum absolute atomic E-state index is 5.38. The molecule has 0 saturated heterocycles. The third-order valence-electron chi connectivity index (χ3n) is 1.29. The lowest BCUT2D eigenvalue weighted by atomic mass is 10.3. The molecule has 1 rings (SSSR count). The van der Waals surface area contributed by atoms with Crippen LogP contribution in [0.1, 0.15) is 0 Å². The average Bonchev–Trinajstić information content (AvgIpc) is 2.19. The summed E-state index contributed by atoms with van der Waals surface area (Å²) in [5.41, 5.74) is 0. The molecule has 0 amide bonds. The highest BCUT2D eigenvalue weighted by Gasteiger charge is 1.87. The Labute approximate surface area is 80.2 Å². The van der Waals surface area contributed by atoms with Crippen LogP contribution < -0.4 is 9.61 Å². The molecule has 0 saturated carbocycles. The first kappa shape index (κ1) is 9.82. The van der Waals surface area contributed by atoms with Crippen molar-refractivity contribution in [1.82, 2.24) is 5.09 Å². The van der Waals surface area contributed by atoms with Crippen molar-refractivity contribution in [2.24, 2.45) is 0 Å². The summed E-state index contributed by atoms with van der Waals surface area (Å²) in [6, 6.07) is 9.69. The lowest BCUT2D eigenvalue weighted by molar-refractivity contribution is 0.626. The normalized spacial score (nSPS) is 10.8. The highest BCUT2D eigenvalue weighted by molar-refractivity contribution is 7.30. The number of nitrogens with one attached hydrogen (secondary N) is 1. The summed E-state index contributed by atoms with van der Waals surface area (Å²) in [6.45, 7) is 3.55. The molecular weight excluding hydrogens is 181 g/mol. The van der Waals surface area contributed by atoms with Gasteiger partial charge in [-0.1, -0.05) is 30.9 Å². The van der Waals surface area contributed by atoms with Crippen LogP contribution >= 0.6 is 8.96 Å². The van der Waals surface area contributed by atoms with Gasteiger partial charge in [0.15, 0.2) is 8.96 Å². The standard InChI is InChI=1S/C10H12NOP/c1-2-3-9-11-13-12-10-7-5-4-6-8-10/h2-9,11,13H,1H2/b9-3-. The van der Waals surface area contributed by atoms with Crippen LogP contribution in [0.4, 0.5) is 0 Å². The second-order valence-electron chi connectivity index (χ2n) is 2.26. The van der Waals surface area contributed by atoms with Gasteiger partial charge in [-0.15, -0.1) is 0 Å². The molecule has 68 valence electrons. The Morgan fingerprint density at radius 1 is 1.31 bits per heavy atom. The van der Waals surface area contributed by atoms with Gasteiger partial charge in [-0.25, -0.2) is 0 Å². The van der Waals surface area contributed by atoms with Gasteiger partial charge in [0.1, 0.15) is 5.75 Å². The molecule has 1 N–H and O–H groups in total. The van der Waals surface area contributed by atoms with Gasteiger partial charge in [0.05, 0.1) is 0 Å². The highest BCUT2D eigenvalue weighted by atomic mass is 31.1. The summed E-state index contributed by atoms with van der Waals surface area (Å²) < 4.78 is 5.38. The zero-order chi connectivity index (χ0) is 9.36. The molecule has 1 unspecified atom stereocenters. The van der Waals surface area contributed by atoms with Gasteiger partial charge in [0.25, 0.3) is 0 Å². The summed E-state index contributed by atoms with van der Waals surface area (Å²) in [6.07, 6.45) is 5.33. The maximum Gasteiger partial charge on any atom is 0.174 e. The monoisotopic (exact) mass is 193 g/mol. The molecule has 0 radical (unpaired) electrons. The van der Waals surface area contributed by atoms with Crippen LogP contribution in [0.2, 0.25) is 0 Å². The van der Waals surface area contributed by atoms with Crippen molar-refractivity contribution in [2.75, 3.05) is 0 Å². The molecular formula is C10H12NOP. The molecule has 0 aliphatic carbocycles. The first-order valence-electron chi connectivity index (χ1n) is 3.93. The van der Waals surface area contributed by atoms with Crippen LogP contribution in [0.25, 0.3) is 0 Å². The summed E-state index contributed by atoms with van der Waals surface area (Å²) in [4.78, 5) is 0. The van der Waals surface area contributed by atoms with E-state index < -0.39 is 0 Å². The Balaban J connectivity index is 2.20. The fourth-order valence-electron chi connectivity index (χ4n) is 0.727. The lowest BCUT2D eigenvalue weighted by Gasteiger charge is -2.03. The third-order valence-corrected chi connectivity index (χ3v) is 1.91. The Bertz CT molecular complexity index is 272. The topological polar surface area (TPSA) is 21.3 Å². The fraction of sp³-hybridized carbons (Fsp3) is 0. The minimum atomic E-state index is 0.235. The second kappa shape index (κ2) is 6.27. The Hall–Kier alpha value is -1.27. The zero-order valence-electron chi connectivity index (χ0n) is 7.23. The predicted molar refractivity (Wildman–Crippen MR) is 57.9 cm³/mol. The van der Waals surface area contributed by atoms with E-state index in [-0.39, 0.29) is 8.96 Å². The number of para-hydroxylation sites is 1. The number of hydrogen-bond acceptors (Lipinski definition) is 2. The smallest absolute Gasteiger partial charge is 0.174 e. The van der Waals surface area contributed by atoms with Gasteiger partial charge >= 0.3 is 0 Å². The van der Waals surface area contributed by atoms with Crippen molar-refractivity contribution < 1.29 is 4.52 Å². The van der Waals surface area contributed by atoms with E-state index >= 15 is 0 Å². The summed E-state index contributed by atoms with van der Waals surface area (Å²) in [5.74, 6) is 0.875. The number of hydrogen-bond donors (Lipinski definition) is 1. The minimum Gasteiger partial charge on any atom is -0.456 e. The van der Waals surface area contributed by atoms with E-state index in [1.54, 1.807) is 12.3 Å². The van der Waals surface area contributed by atoms with E-state index in [9.17, 15) is 0 Å². The molecule has 13 heavy (non-hydrogen) atoms. The van der Waals surface area contributed by atoms with E-state index in [1.165, 1.54) is 0 Å². The fourth-order valence-corrected chi connectivity index (χ4v) is 1.20. The van der Waals surface area contributed by atoms with Crippen LogP contribution in [0.15, 0.2) is 55.3 Å². The predicted octanol–water partition coefficient (Wildman–Crippen LogP) is 2.86. The van der Waals surface area contributed by atoms with Crippen molar-refractivity contribution in [3.63, 3.8) is 0 Å². The molecule has 1 atom stereocenters. The molecule has 0 aliphatic heterocycles. The Morgan fingerprint density at radius 3 is 2.77 bits per heavy atom. The Kier molecular flexibility index (Phi) is 4.73. The summed E-state index contributed by atoms with van der Waals surface area (Å²) >= 11 is 0. The van der Waals surface area contributed by atoms with Crippen molar-refractivity contribution in [3.8, 4) is 5.75 Å². The molecule has 1 aromatic carbocycles. The van der Waals surface area contributed by atoms with Crippen molar-refractivity contribution in [2.45, 2.75) is 0 Å². The van der Waals surface area contributed by atoms with Crippen LogP contribution in [0.5, 0.6) is 5.75 Å². The summed E-state index contributed by atoms with van der Waals surface area (Å²) in [5, 5.41) is 2.99. The van der Waals surface area contributed by atoms with Crippen LogP contribution in [-0.2, 0) is 0 Å². The molecule has 0 spiro atoms. The molecule has 1 aromatic rings. The SMILES string of the molecule is C=C/C=C\NPOc1ccccc1. The van der Waals surface area contributed by atoms with E-state index in [2.05, 4.69) is 11.7 Å². The van der Waals surface area contributed by atoms with E-state index in [0.29, 0.717) is 0 Å². The second-order valence-corrected chi connectivity index (χ2v) is 2.95. The molecule has 0 fully saturated rings. The number of rotatable bonds is 5. The van der Waals surface area contributed by atoms with Gasteiger partial charge in [-0.2, -0.15) is 0 Å². The van der Waals surface area contributed by atoms with Gasteiger partial charge in [-0.05, 0) is 18.2 Å². The van der Waals surface area contributed by atoms with E-state index in [4.69, 9.17) is 4.52 Å². The molecule has 0 bridgehead atoms. The first-order valence-corrected chi connectivity index (χ1v) is 4.84. The molecule has 0 aliphatic rings. The van der Waals surface area contributed by atoms with Crippen molar-refractivity contribution >= 4 is 8.96 Å². The van der Waals surface area contributed by atoms with Crippen LogP contribution in [0, 0.1) is 0 Å². The van der Waals surface area contributed by atoms with Crippen LogP contribution in [-0.4, -0.2) is 0 Å². The van der Waals surface area contributed by atoms with Gasteiger partial charge in [0, 0.05) is 6.20 Å². The molecule has 0 heterocycles. The molecule has 0 aromatic heterocycles. The third kappa shape index (κ3) is 4.34. The van der Waals surface area contributed by atoms with Crippen molar-refractivity contribution in [1.29, 1.82) is 0 Å². The van der Waals surface area contributed by atoms with Crippen LogP contribution in [0.3, 0.4) is 0 Å². The van der Waals surface area contributed by atoms with Gasteiger partial charge < -0.3 is 9.61 Å². The lowest BCUT2D eigenvalue weighted by Crippen LogP contribution is -1.91. The van der Waals surface area contributed by atoms with E-state index in [1.807, 2.05) is 36.4 Å². The maximum atomic E-state index is 5.38. The van der Waals surface area contributed by atoms with Gasteiger partial charge in [-0.3, -0.25) is 0 Å². The number of benzene rings is 1. The van der Waals surface area contributed by atoms with E-state index in [0.717, 1.165) is 5.75 Å². The molecule has 2 nitrogen and oxygen atoms in total. The number of allylic oxidation sites excluding steroid dienone is 2. The average molecular weight is 193 g/mol. The zero-order valence-corrected chi connectivity index (χ0v) is 8.23. The first-order chi connectivity index (χ1) is 6.43. The minimum absolute atomic E-state index is 0.235.